The first-order valence-electron chi connectivity index (χ1n) is 4.05. The highest BCUT2D eigenvalue weighted by atomic mass is 32.2. The van der Waals surface area contributed by atoms with E-state index in [4.69, 9.17) is 0 Å². The summed E-state index contributed by atoms with van der Waals surface area (Å²) in [6.07, 6.45) is 7.25. The van der Waals surface area contributed by atoms with Crippen LogP contribution in [0.1, 0.15) is 39.0 Å². The standard InChI is InChI=1S/C8H16S/c1-2-3-5-8-6-4-7-9-8/h8H,2-7H2,1H3. The van der Waals surface area contributed by atoms with E-state index in [1.54, 1.807) is 0 Å². The molecular weight excluding hydrogens is 128 g/mol. The van der Waals surface area contributed by atoms with Crippen molar-refractivity contribution in [3.63, 3.8) is 0 Å². The molecule has 1 atom stereocenters. The highest BCUT2D eigenvalue weighted by Crippen LogP contribution is 2.29. The van der Waals surface area contributed by atoms with Gasteiger partial charge in [0.25, 0.3) is 0 Å². The van der Waals surface area contributed by atoms with Crippen molar-refractivity contribution in [3.8, 4) is 0 Å². The Morgan fingerprint density at radius 1 is 1.56 bits per heavy atom. The fourth-order valence-electron chi connectivity index (χ4n) is 1.30. The molecule has 0 aromatic carbocycles. The van der Waals surface area contributed by atoms with Crippen molar-refractivity contribution in [2.45, 2.75) is 44.3 Å². The summed E-state index contributed by atoms with van der Waals surface area (Å²) in [4.78, 5) is 0. The Morgan fingerprint density at radius 3 is 3.00 bits per heavy atom. The van der Waals surface area contributed by atoms with Crippen LogP contribution in [0.4, 0.5) is 0 Å². The molecular formula is C8H16S. The summed E-state index contributed by atoms with van der Waals surface area (Å²) >= 11 is 2.18. The van der Waals surface area contributed by atoms with Gasteiger partial charge in [0, 0.05) is 5.25 Å². The Kier molecular flexibility index (Phi) is 3.49. The third-order valence-corrected chi connectivity index (χ3v) is 3.37. The Balaban J connectivity index is 1.98. The van der Waals surface area contributed by atoms with Gasteiger partial charge in [-0.05, 0) is 25.0 Å². The summed E-state index contributed by atoms with van der Waals surface area (Å²) in [5, 5.41) is 1.03. The second kappa shape index (κ2) is 4.21. The Hall–Kier alpha value is 0.350. The van der Waals surface area contributed by atoms with E-state index in [0.29, 0.717) is 0 Å². The molecule has 0 aromatic rings. The average molecular weight is 144 g/mol. The second-order valence-electron chi connectivity index (χ2n) is 2.78. The molecule has 0 N–H and O–H groups in total. The third kappa shape index (κ3) is 2.61. The van der Waals surface area contributed by atoms with E-state index in [0.717, 1.165) is 5.25 Å². The number of unbranched alkanes of at least 4 members (excludes halogenated alkanes) is 1. The van der Waals surface area contributed by atoms with Gasteiger partial charge in [0.1, 0.15) is 0 Å². The first-order valence-corrected chi connectivity index (χ1v) is 5.10. The van der Waals surface area contributed by atoms with Gasteiger partial charge in [-0.15, -0.1) is 0 Å². The van der Waals surface area contributed by atoms with E-state index < -0.39 is 0 Å². The summed E-state index contributed by atoms with van der Waals surface area (Å²) in [6.45, 7) is 2.28. The molecule has 1 unspecified atom stereocenters. The normalized spacial score (nSPS) is 27.0. The maximum Gasteiger partial charge on any atom is 0.00473 e. The smallest absolute Gasteiger partial charge is 0.00473 e. The molecule has 9 heavy (non-hydrogen) atoms. The zero-order valence-electron chi connectivity index (χ0n) is 6.23. The molecule has 1 heterocycles. The molecule has 0 spiro atoms. The third-order valence-electron chi connectivity index (χ3n) is 1.90. The fourth-order valence-corrected chi connectivity index (χ4v) is 2.64. The van der Waals surface area contributed by atoms with E-state index in [1.807, 2.05) is 0 Å². The maximum absolute atomic E-state index is 2.28. The van der Waals surface area contributed by atoms with Crippen molar-refractivity contribution in [2.24, 2.45) is 0 Å². The van der Waals surface area contributed by atoms with E-state index >= 15 is 0 Å². The number of hydrogen-bond donors (Lipinski definition) is 0. The molecule has 0 radical (unpaired) electrons. The molecule has 1 aliphatic rings. The Morgan fingerprint density at radius 2 is 2.44 bits per heavy atom. The second-order valence-corrected chi connectivity index (χ2v) is 4.19. The average Bonchev–Trinajstić information content (AvgIpc) is 2.34. The Bertz CT molecular complexity index is 65.0. The minimum atomic E-state index is 1.03. The molecule has 0 bridgehead atoms. The van der Waals surface area contributed by atoms with Crippen LogP contribution in [-0.4, -0.2) is 11.0 Å². The molecule has 54 valence electrons. The van der Waals surface area contributed by atoms with E-state index in [-0.39, 0.29) is 0 Å². The Labute approximate surface area is 62.4 Å². The van der Waals surface area contributed by atoms with Crippen molar-refractivity contribution >= 4 is 11.8 Å². The van der Waals surface area contributed by atoms with Gasteiger partial charge in [-0.2, -0.15) is 11.8 Å². The van der Waals surface area contributed by atoms with Gasteiger partial charge in [0.05, 0.1) is 0 Å². The zero-order chi connectivity index (χ0) is 6.53. The quantitative estimate of drug-likeness (QED) is 0.586. The summed E-state index contributed by atoms with van der Waals surface area (Å²) in [5.74, 6) is 1.42. The topological polar surface area (TPSA) is 0 Å². The molecule has 0 aliphatic carbocycles. The van der Waals surface area contributed by atoms with Crippen LogP contribution in [0.25, 0.3) is 0 Å². The van der Waals surface area contributed by atoms with Crippen molar-refractivity contribution < 1.29 is 0 Å². The molecule has 1 aliphatic heterocycles. The lowest BCUT2D eigenvalue weighted by atomic mass is 10.1. The van der Waals surface area contributed by atoms with Gasteiger partial charge in [-0.25, -0.2) is 0 Å². The first kappa shape index (κ1) is 7.46. The largest absolute Gasteiger partial charge is 0.159 e. The predicted molar refractivity (Wildman–Crippen MR) is 45.0 cm³/mol. The van der Waals surface area contributed by atoms with E-state index in [1.165, 1.54) is 37.9 Å². The summed E-state index contributed by atoms with van der Waals surface area (Å²) in [5.41, 5.74) is 0. The van der Waals surface area contributed by atoms with Gasteiger partial charge in [-0.1, -0.05) is 19.8 Å². The first-order chi connectivity index (χ1) is 4.43. The summed E-state index contributed by atoms with van der Waals surface area (Å²) in [6, 6.07) is 0. The molecule has 0 nitrogen and oxygen atoms in total. The number of rotatable bonds is 3. The zero-order valence-corrected chi connectivity index (χ0v) is 7.04. The fraction of sp³-hybridized carbons (Fsp3) is 1.00. The highest BCUT2D eigenvalue weighted by molar-refractivity contribution is 8.00. The molecule has 0 amide bonds. The lowest BCUT2D eigenvalue weighted by Gasteiger charge is -2.04. The maximum atomic E-state index is 2.28. The van der Waals surface area contributed by atoms with Crippen LogP contribution in [0.2, 0.25) is 0 Å². The number of hydrogen-bond acceptors (Lipinski definition) is 1. The van der Waals surface area contributed by atoms with Gasteiger partial charge in [0.2, 0.25) is 0 Å². The molecule has 1 fully saturated rings. The molecule has 0 aromatic heterocycles. The number of thioether (sulfide) groups is 1. The van der Waals surface area contributed by atoms with Crippen LogP contribution >= 0.6 is 11.8 Å². The van der Waals surface area contributed by atoms with Crippen molar-refractivity contribution in [3.05, 3.63) is 0 Å². The summed E-state index contributed by atoms with van der Waals surface area (Å²) < 4.78 is 0. The van der Waals surface area contributed by atoms with Crippen molar-refractivity contribution in [2.75, 3.05) is 5.75 Å². The monoisotopic (exact) mass is 144 g/mol. The lowest BCUT2D eigenvalue weighted by molar-refractivity contribution is 0.661. The molecule has 0 saturated carbocycles. The van der Waals surface area contributed by atoms with Crippen molar-refractivity contribution in [1.82, 2.24) is 0 Å². The van der Waals surface area contributed by atoms with Crippen LogP contribution < -0.4 is 0 Å². The highest BCUT2D eigenvalue weighted by Gasteiger charge is 2.13. The molecule has 1 heteroatoms. The lowest BCUT2D eigenvalue weighted by Crippen LogP contribution is -1.94. The van der Waals surface area contributed by atoms with E-state index in [9.17, 15) is 0 Å². The molecule has 1 rings (SSSR count). The van der Waals surface area contributed by atoms with Gasteiger partial charge >= 0.3 is 0 Å². The summed E-state index contributed by atoms with van der Waals surface area (Å²) in [7, 11) is 0. The van der Waals surface area contributed by atoms with Gasteiger partial charge in [0.15, 0.2) is 0 Å². The van der Waals surface area contributed by atoms with E-state index in [2.05, 4.69) is 18.7 Å². The molecule has 1 saturated heterocycles. The van der Waals surface area contributed by atoms with Crippen molar-refractivity contribution in [1.29, 1.82) is 0 Å². The minimum absolute atomic E-state index is 1.03. The van der Waals surface area contributed by atoms with Crippen LogP contribution in [-0.2, 0) is 0 Å². The van der Waals surface area contributed by atoms with Crippen LogP contribution in [0.15, 0.2) is 0 Å². The SMILES string of the molecule is CCCCC1CCCS1. The van der Waals surface area contributed by atoms with Gasteiger partial charge < -0.3 is 0 Å². The van der Waals surface area contributed by atoms with Crippen LogP contribution in [0, 0.1) is 0 Å². The predicted octanol–water partition coefficient (Wildman–Crippen LogP) is 3.07. The van der Waals surface area contributed by atoms with Crippen LogP contribution in [0.3, 0.4) is 0 Å². The van der Waals surface area contributed by atoms with Crippen LogP contribution in [0.5, 0.6) is 0 Å². The minimum Gasteiger partial charge on any atom is -0.159 e. The van der Waals surface area contributed by atoms with Gasteiger partial charge in [-0.3, -0.25) is 0 Å².